The van der Waals surface area contributed by atoms with Crippen molar-refractivity contribution in [2.24, 2.45) is 4.99 Å². The van der Waals surface area contributed by atoms with Crippen LogP contribution in [0.1, 0.15) is 5.56 Å². The van der Waals surface area contributed by atoms with Crippen LogP contribution in [0.25, 0.3) is 6.08 Å². The number of aliphatic imine (C=N–C) groups is 1. The summed E-state index contributed by atoms with van der Waals surface area (Å²) in [7, 11) is 3.97. The van der Waals surface area contributed by atoms with Crippen molar-refractivity contribution >= 4 is 40.3 Å². The second-order valence-electron chi connectivity index (χ2n) is 5.49. The zero-order valence-corrected chi connectivity index (χ0v) is 14.2. The van der Waals surface area contributed by atoms with Crippen LogP contribution in [0.3, 0.4) is 0 Å². The highest BCUT2D eigenvalue weighted by molar-refractivity contribution is 8.18. The number of phenolic OH excluding ortho intramolecular Hbond substituents is 1. The first kappa shape index (κ1) is 16.1. The number of hydrogen-bond donors (Lipinski definition) is 2. The number of rotatable bonds is 3. The lowest BCUT2D eigenvalue weighted by molar-refractivity contribution is -0.115. The average Bonchev–Trinajstić information content (AvgIpc) is 2.87. The number of aromatic hydroxyl groups is 1. The quantitative estimate of drug-likeness (QED) is 0.842. The maximum Gasteiger partial charge on any atom is 0.264 e. The molecular weight excluding hydrogens is 322 g/mol. The maximum absolute atomic E-state index is 12.1. The molecule has 2 aromatic rings. The monoisotopic (exact) mass is 339 g/mol. The Morgan fingerprint density at radius 2 is 1.92 bits per heavy atom. The van der Waals surface area contributed by atoms with Gasteiger partial charge in [0.15, 0.2) is 5.17 Å². The van der Waals surface area contributed by atoms with Gasteiger partial charge in [0, 0.05) is 25.8 Å². The van der Waals surface area contributed by atoms with Gasteiger partial charge in [-0.25, -0.2) is 4.99 Å². The van der Waals surface area contributed by atoms with Gasteiger partial charge in [-0.1, -0.05) is 18.2 Å². The Balaban J connectivity index is 1.79. The molecule has 0 unspecified atom stereocenters. The van der Waals surface area contributed by atoms with E-state index in [1.54, 1.807) is 24.3 Å². The Bertz CT molecular complexity index is 826. The van der Waals surface area contributed by atoms with E-state index in [2.05, 4.69) is 10.3 Å². The van der Waals surface area contributed by atoms with Crippen LogP contribution < -0.4 is 10.2 Å². The molecule has 1 saturated heterocycles. The van der Waals surface area contributed by atoms with Crippen molar-refractivity contribution in [3.05, 3.63) is 59.0 Å². The summed E-state index contributed by atoms with van der Waals surface area (Å²) in [6, 6.07) is 14.5. The molecule has 122 valence electrons. The lowest BCUT2D eigenvalue weighted by atomic mass is 10.2. The van der Waals surface area contributed by atoms with Crippen molar-refractivity contribution in [2.45, 2.75) is 0 Å². The number of amides is 1. The number of phenols is 1. The third kappa shape index (κ3) is 3.78. The van der Waals surface area contributed by atoms with E-state index in [0.29, 0.717) is 15.8 Å². The summed E-state index contributed by atoms with van der Waals surface area (Å²) in [6.07, 6.45) is 1.84. The minimum atomic E-state index is -0.171. The zero-order chi connectivity index (χ0) is 17.1. The van der Waals surface area contributed by atoms with E-state index in [1.165, 1.54) is 11.8 Å². The Kier molecular flexibility index (Phi) is 4.57. The molecule has 6 heteroatoms. The summed E-state index contributed by atoms with van der Waals surface area (Å²) < 4.78 is 0. The standard InChI is InChI=1S/C18H17N3O2S/c1-21(2)14-8-6-12(7-9-14)10-16-17(23)20-18(24-16)19-13-4-3-5-15(22)11-13/h3-11,22H,1-2H3,(H,19,20,23)/b16-10-. The number of thioether (sulfide) groups is 1. The number of anilines is 1. The molecule has 1 amide bonds. The number of nitrogens with one attached hydrogen (secondary N) is 1. The lowest BCUT2D eigenvalue weighted by Crippen LogP contribution is -2.19. The third-order valence-corrected chi connectivity index (χ3v) is 4.33. The summed E-state index contributed by atoms with van der Waals surface area (Å²) in [5.41, 5.74) is 2.65. The topological polar surface area (TPSA) is 64.9 Å². The summed E-state index contributed by atoms with van der Waals surface area (Å²) >= 11 is 1.28. The lowest BCUT2D eigenvalue weighted by Gasteiger charge is -2.11. The van der Waals surface area contributed by atoms with E-state index in [9.17, 15) is 9.90 Å². The Hall–Kier alpha value is -2.73. The number of amidine groups is 1. The van der Waals surface area contributed by atoms with Crippen molar-refractivity contribution in [1.82, 2.24) is 5.32 Å². The molecule has 5 nitrogen and oxygen atoms in total. The van der Waals surface area contributed by atoms with Gasteiger partial charge in [-0.3, -0.25) is 4.79 Å². The third-order valence-electron chi connectivity index (χ3n) is 3.42. The second kappa shape index (κ2) is 6.80. The molecule has 1 fully saturated rings. The SMILES string of the molecule is CN(C)c1ccc(/C=C2\SC(=Nc3cccc(O)c3)NC2=O)cc1. The first-order valence-corrected chi connectivity index (χ1v) is 8.19. The summed E-state index contributed by atoms with van der Waals surface area (Å²) in [5.74, 6) is -0.0292. The van der Waals surface area contributed by atoms with Gasteiger partial charge in [-0.15, -0.1) is 0 Å². The Morgan fingerprint density at radius 1 is 1.17 bits per heavy atom. The molecule has 0 bridgehead atoms. The van der Waals surface area contributed by atoms with E-state index in [0.717, 1.165) is 11.3 Å². The number of benzene rings is 2. The van der Waals surface area contributed by atoms with Crippen LogP contribution in [-0.4, -0.2) is 30.3 Å². The van der Waals surface area contributed by atoms with Crippen molar-refractivity contribution in [3.63, 3.8) is 0 Å². The number of carbonyl (C=O) groups is 1. The van der Waals surface area contributed by atoms with Crippen LogP contribution in [0.15, 0.2) is 58.4 Å². The van der Waals surface area contributed by atoms with Gasteiger partial charge in [0.05, 0.1) is 10.6 Å². The van der Waals surface area contributed by atoms with E-state index in [1.807, 2.05) is 49.3 Å². The second-order valence-corrected chi connectivity index (χ2v) is 6.52. The normalized spacial score (nSPS) is 17.3. The van der Waals surface area contributed by atoms with Crippen LogP contribution in [0.5, 0.6) is 5.75 Å². The van der Waals surface area contributed by atoms with E-state index >= 15 is 0 Å². The van der Waals surface area contributed by atoms with Crippen molar-refractivity contribution in [1.29, 1.82) is 0 Å². The smallest absolute Gasteiger partial charge is 0.264 e. The molecule has 0 aromatic heterocycles. The zero-order valence-electron chi connectivity index (χ0n) is 13.4. The highest BCUT2D eigenvalue weighted by Crippen LogP contribution is 2.29. The molecule has 0 radical (unpaired) electrons. The van der Waals surface area contributed by atoms with Crippen molar-refractivity contribution < 1.29 is 9.90 Å². The number of carbonyl (C=O) groups excluding carboxylic acids is 1. The van der Waals surface area contributed by atoms with E-state index < -0.39 is 0 Å². The maximum atomic E-state index is 12.1. The van der Waals surface area contributed by atoms with Crippen LogP contribution in [0.2, 0.25) is 0 Å². The molecule has 1 aliphatic heterocycles. The van der Waals surface area contributed by atoms with E-state index in [4.69, 9.17) is 0 Å². The predicted octanol–water partition coefficient (Wildman–Crippen LogP) is 3.35. The fourth-order valence-corrected chi connectivity index (χ4v) is 3.02. The van der Waals surface area contributed by atoms with Crippen LogP contribution in [0, 0.1) is 0 Å². The van der Waals surface area contributed by atoms with Crippen LogP contribution >= 0.6 is 11.8 Å². The molecule has 2 aromatic carbocycles. The highest BCUT2D eigenvalue weighted by Gasteiger charge is 2.23. The van der Waals surface area contributed by atoms with Crippen molar-refractivity contribution in [2.75, 3.05) is 19.0 Å². The Morgan fingerprint density at radius 3 is 2.58 bits per heavy atom. The molecule has 1 aliphatic rings. The molecule has 0 atom stereocenters. The average molecular weight is 339 g/mol. The summed E-state index contributed by atoms with van der Waals surface area (Å²) in [5, 5.41) is 12.7. The summed E-state index contributed by atoms with van der Waals surface area (Å²) in [4.78, 5) is 19.0. The van der Waals surface area contributed by atoms with Gasteiger partial charge >= 0.3 is 0 Å². The minimum absolute atomic E-state index is 0.142. The van der Waals surface area contributed by atoms with Gasteiger partial charge in [-0.2, -0.15) is 0 Å². The fourth-order valence-electron chi connectivity index (χ4n) is 2.18. The Labute approximate surface area is 144 Å². The molecule has 0 saturated carbocycles. The molecular formula is C18H17N3O2S. The first-order chi connectivity index (χ1) is 11.5. The number of nitrogens with zero attached hydrogens (tertiary/aromatic N) is 2. The van der Waals surface area contributed by atoms with Crippen LogP contribution in [0.4, 0.5) is 11.4 Å². The molecule has 3 rings (SSSR count). The van der Waals surface area contributed by atoms with Gasteiger partial charge < -0.3 is 15.3 Å². The number of hydrogen-bond acceptors (Lipinski definition) is 5. The van der Waals surface area contributed by atoms with Gasteiger partial charge in [0.2, 0.25) is 0 Å². The minimum Gasteiger partial charge on any atom is -0.508 e. The first-order valence-electron chi connectivity index (χ1n) is 7.37. The largest absolute Gasteiger partial charge is 0.508 e. The van der Waals surface area contributed by atoms with Crippen molar-refractivity contribution in [3.8, 4) is 5.75 Å². The predicted molar refractivity (Wildman–Crippen MR) is 99.7 cm³/mol. The fraction of sp³-hybridized carbons (Fsp3) is 0.111. The molecule has 24 heavy (non-hydrogen) atoms. The van der Waals surface area contributed by atoms with Gasteiger partial charge in [0.25, 0.3) is 5.91 Å². The van der Waals surface area contributed by atoms with E-state index in [-0.39, 0.29) is 11.7 Å². The molecule has 0 aliphatic carbocycles. The molecule has 0 spiro atoms. The molecule has 1 heterocycles. The van der Waals surface area contributed by atoms with Gasteiger partial charge in [-0.05, 0) is 47.7 Å². The van der Waals surface area contributed by atoms with Crippen LogP contribution in [-0.2, 0) is 4.79 Å². The molecule has 2 N–H and O–H groups in total. The summed E-state index contributed by atoms with van der Waals surface area (Å²) in [6.45, 7) is 0. The van der Waals surface area contributed by atoms with Gasteiger partial charge in [0.1, 0.15) is 5.75 Å². The highest BCUT2D eigenvalue weighted by atomic mass is 32.2.